The van der Waals surface area contributed by atoms with Crippen LogP contribution in [0.4, 0.5) is 5.69 Å². The summed E-state index contributed by atoms with van der Waals surface area (Å²) in [6, 6.07) is 7.41. The van der Waals surface area contributed by atoms with Gasteiger partial charge in [0.05, 0.1) is 11.9 Å². The Bertz CT molecular complexity index is 582. The van der Waals surface area contributed by atoms with Crippen molar-refractivity contribution in [2.75, 3.05) is 23.7 Å². The van der Waals surface area contributed by atoms with E-state index in [0.29, 0.717) is 12.2 Å². The van der Waals surface area contributed by atoms with Gasteiger partial charge in [-0.05, 0) is 30.5 Å². The first-order valence-electron chi connectivity index (χ1n) is 8.21. The van der Waals surface area contributed by atoms with Gasteiger partial charge in [-0.15, -0.1) is 0 Å². The molecular formula is C17H28N2O3S. The highest BCUT2D eigenvalue weighted by molar-refractivity contribution is 7.92. The normalized spacial score (nSPS) is 11.3. The number of rotatable bonds is 10. The molecule has 5 nitrogen and oxygen atoms in total. The Labute approximate surface area is 140 Å². The molecule has 0 fully saturated rings. The number of nitrogens with zero attached hydrogens (tertiary/aromatic N) is 1. The third-order valence-corrected chi connectivity index (χ3v) is 4.87. The number of sulfonamides is 1. The van der Waals surface area contributed by atoms with Crippen molar-refractivity contribution >= 4 is 21.6 Å². The molecule has 0 saturated heterocycles. The average molecular weight is 340 g/mol. The minimum atomic E-state index is -3.41. The van der Waals surface area contributed by atoms with E-state index in [1.54, 1.807) is 12.1 Å². The molecule has 0 radical (unpaired) electrons. The van der Waals surface area contributed by atoms with Crippen LogP contribution < -0.4 is 9.62 Å². The molecule has 0 aromatic heterocycles. The highest BCUT2D eigenvalue weighted by atomic mass is 32.2. The van der Waals surface area contributed by atoms with E-state index < -0.39 is 10.0 Å². The van der Waals surface area contributed by atoms with Gasteiger partial charge in [0.2, 0.25) is 15.9 Å². The molecule has 0 atom stereocenters. The van der Waals surface area contributed by atoms with Crippen molar-refractivity contribution in [2.45, 2.75) is 46.0 Å². The van der Waals surface area contributed by atoms with Gasteiger partial charge in [-0.1, -0.05) is 38.8 Å². The topological polar surface area (TPSA) is 66.5 Å². The number of benzene rings is 1. The summed E-state index contributed by atoms with van der Waals surface area (Å²) in [5, 5.41) is 2.83. The zero-order valence-corrected chi connectivity index (χ0v) is 15.2. The van der Waals surface area contributed by atoms with Crippen LogP contribution in [0.15, 0.2) is 24.3 Å². The number of hydrogen-bond donors (Lipinski definition) is 1. The number of unbranched alkanes of at least 4 members (excludes halogenated alkanes) is 2. The fraction of sp³-hybridized carbons (Fsp3) is 0.588. The fourth-order valence-electron chi connectivity index (χ4n) is 2.28. The van der Waals surface area contributed by atoms with E-state index in [1.165, 1.54) is 10.6 Å². The van der Waals surface area contributed by atoms with E-state index in [0.717, 1.165) is 31.2 Å². The number of carbonyl (C=O) groups excluding carboxylic acids is 1. The lowest BCUT2D eigenvalue weighted by molar-refractivity contribution is -0.120. The van der Waals surface area contributed by atoms with Gasteiger partial charge in [-0.2, -0.15) is 0 Å². The van der Waals surface area contributed by atoms with Crippen LogP contribution in [0, 0.1) is 0 Å². The summed E-state index contributed by atoms with van der Waals surface area (Å²) in [4.78, 5) is 11.8. The lowest BCUT2D eigenvalue weighted by atomic mass is 10.1. The first-order valence-corrected chi connectivity index (χ1v) is 10.1. The van der Waals surface area contributed by atoms with Crippen LogP contribution in [0.5, 0.6) is 0 Å². The first kappa shape index (κ1) is 19.5. The number of amides is 1. The minimum Gasteiger partial charge on any atom is -0.356 e. The molecule has 1 rings (SSSR count). The quantitative estimate of drug-likeness (QED) is 0.666. The van der Waals surface area contributed by atoms with Crippen molar-refractivity contribution in [1.29, 1.82) is 0 Å². The van der Waals surface area contributed by atoms with Crippen molar-refractivity contribution in [3.63, 3.8) is 0 Å². The van der Waals surface area contributed by atoms with Gasteiger partial charge in [0, 0.05) is 19.5 Å². The van der Waals surface area contributed by atoms with E-state index in [-0.39, 0.29) is 18.9 Å². The molecule has 0 spiro atoms. The molecule has 0 saturated carbocycles. The maximum atomic E-state index is 12.0. The second-order valence-corrected chi connectivity index (χ2v) is 7.57. The van der Waals surface area contributed by atoms with Crippen molar-refractivity contribution in [1.82, 2.24) is 5.32 Å². The van der Waals surface area contributed by atoms with Crippen molar-refractivity contribution in [3.8, 4) is 0 Å². The molecular weight excluding hydrogens is 312 g/mol. The molecule has 1 N–H and O–H groups in total. The van der Waals surface area contributed by atoms with Crippen LogP contribution in [0.2, 0.25) is 0 Å². The predicted octanol–water partition coefficient (Wildman–Crippen LogP) is 2.71. The van der Waals surface area contributed by atoms with Gasteiger partial charge < -0.3 is 5.32 Å². The van der Waals surface area contributed by atoms with Crippen molar-refractivity contribution < 1.29 is 13.2 Å². The molecule has 6 heteroatoms. The van der Waals surface area contributed by atoms with Gasteiger partial charge in [-0.3, -0.25) is 9.10 Å². The van der Waals surface area contributed by atoms with Crippen LogP contribution in [-0.4, -0.2) is 33.7 Å². The Morgan fingerprint density at radius 1 is 1.13 bits per heavy atom. The van der Waals surface area contributed by atoms with Crippen LogP contribution in [0.25, 0.3) is 0 Å². The maximum absolute atomic E-state index is 12.0. The Kier molecular flexibility index (Phi) is 8.09. The number of anilines is 1. The summed E-state index contributed by atoms with van der Waals surface area (Å²) in [6.45, 7) is 4.96. The Morgan fingerprint density at radius 3 is 2.30 bits per heavy atom. The van der Waals surface area contributed by atoms with E-state index in [9.17, 15) is 13.2 Å². The molecule has 1 aromatic carbocycles. The van der Waals surface area contributed by atoms with Crippen LogP contribution >= 0.6 is 0 Å². The minimum absolute atomic E-state index is 0.111. The van der Waals surface area contributed by atoms with Crippen LogP contribution in [0.1, 0.15) is 45.1 Å². The van der Waals surface area contributed by atoms with E-state index in [4.69, 9.17) is 0 Å². The van der Waals surface area contributed by atoms with Gasteiger partial charge in [0.15, 0.2) is 0 Å². The van der Waals surface area contributed by atoms with Crippen LogP contribution in [0.3, 0.4) is 0 Å². The van der Waals surface area contributed by atoms with E-state index in [2.05, 4.69) is 12.2 Å². The molecule has 1 aromatic rings. The zero-order valence-electron chi connectivity index (χ0n) is 14.3. The molecule has 0 bridgehead atoms. The fourth-order valence-corrected chi connectivity index (χ4v) is 3.21. The number of aryl methyl sites for hydroxylation is 1. The lowest BCUT2D eigenvalue weighted by Gasteiger charge is -2.22. The highest BCUT2D eigenvalue weighted by Gasteiger charge is 2.18. The smallest absolute Gasteiger partial charge is 0.232 e. The number of carbonyl (C=O) groups is 1. The monoisotopic (exact) mass is 340 g/mol. The standard InChI is InChI=1S/C17H28N2O3S/c1-4-6-7-13-18-17(20)12-14-19(23(3,21)22)16-10-8-15(5-2)9-11-16/h8-11H,4-7,12-14H2,1-3H3,(H,18,20). The zero-order chi connectivity index (χ0) is 17.3. The molecule has 23 heavy (non-hydrogen) atoms. The third-order valence-electron chi connectivity index (χ3n) is 3.68. The summed E-state index contributed by atoms with van der Waals surface area (Å²) in [6.07, 6.45) is 5.37. The number of nitrogens with one attached hydrogen (secondary N) is 1. The molecule has 0 heterocycles. The summed E-state index contributed by atoms with van der Waals surface area (Å²) in [7, 11) is -3.41. The second-order valence-electron chi connectivity index (χ2n) is 5.66. The summed E-state index contributed by atoms with van der Waals surface area (Å²) in [5.74, 6) is -0.111. The number of hydrogen-bond acceptors (Lipinski definition) is 3. The van der Waals surface area contributed by atoms with Crippen molar-refractivity contribution in [3.05, 3.63) is 29.8 Å². The summed E-state index contributed by atoms with van der Waals surface area (Å²) >= 11 is 0. The molecule has 1 amide bonds. The Hall–Kier alpha value is -1.56. The van der Waals surface area contributed by atoms with E-state index in [1.807, 2.05) is 19.1 Å². The van der Waals surface area contributed by atoms with Gasteiger partial charge in [0.1, 0.15) is 0 Å². The summed E-state index contributed by atoms with van der Waals surface area (Å²) < 4.78 is 25.3. The van der Waals surface area contributed by atoms with Gasteiger partial charge in [-0.25, -0.2) is 8.42 Å². The van der Waals surface area contributed by atoms with E-state index >= 15 is 0 Å². The Balaban J connectivity index is 2.64. The second kappa shape index (κ2) is 9.55. The molecule has 0 unspecified atom stereocenters. The maximum Gasteiger partial charge on any atom is 0.232 e. The largest absolute Gasteiger partial charge is 0.356 e. The lowest BCUT2D eigenvalue weighted by Crippen LogP contribution is -2.34. The third kappa shape index (κ3) is 7.03. The highest BCUT2D eigenvalue weighted by Crippen LogP contribution is 2.19. The Morgan fingerprint density at radius 2 is 1.78 bits per heavy atom. The summed E-state index contributed by atoms with van der Waals surface area (Å²) in [5.41, 5.74) is 1.75. The van der Waals surface area contributed by atoms with Crippen molar-refractivity contribution in [2.24, 2.45) is 0 Å². The SMILES string of the molecule is CCCCCNC(=O)CCN(c1ccc(CC)cc1)S(C)(=O)=O. The first-order chi connectivity index (χ1) is 10.9. The van der Waals surface area contributed by atoms with Gasteiger partial charge >= 0.3 is 0 Å². The predicted molar refractivity (Wildman–Crippen MR) is 95.2 cm³/mol. The van der Waals surface area contributed by atoms with Gasteiger partial charge in [0.25, 0.3) is 0 Å². The molecule has 130 valence electrons. The molecule has 0 aliphatic rings. The van der Waals surface area contributed by atoms with Crippen LogP contribution in [-0.2, 0) is 21.2 Å². The molecule has 0 aliphatic carbocycles. The average Bonchev–Trinajstić information content (AvgIpc) is 2.51. The molecule has 0 aliphatic heterocycles.